The summed E-state index contributed by atoms with van der Waals surface area (Å²) in [6, 6.07) is 10.2. The van der Waals surface area contributed by atoms with Crippen molar-refractivity contribution in [2.24, 2.45) is 5.41 Å². The van der Waals surface area contributed by atoms with Gasteiger partial charge in [0.1, 0.15) is 5.75 Å². The van der Waals surface area contributed by atoms with Crippen LogP contribution in [0.25, 0.3) is 5.69 Å². The summed E-state index contributed by atoms with van der Waals surface area (Å²) in [4.78, 5) is 17.6. The summed E-state index contributed by atoms with van der Waals surface area (Å²) in [7, 11) is 0. The maximum Gasteiger partial charge on any atom is 0.416 e. The predicted octanol–water partition coefficient (Wildman–Crippen LogP) is 6.39. The zero-order valence-corrected chi connectivity index (χ0v) is 19.2. The first-order chi connectivity index (χ1) is 15.0. The van der Waals surface area contributed by atoms with Gasteiger partial charge in [0.2, 0.25) is 0 Å². The van der Waals surface area contributed by atoms with Gasteiger partial charge in [0.25, 0.3) is 5.56 Å². The third kappa shape index (κ3) is 5.94. The van der Waals surface area contributed by atoms with E-state index in [1.165, 1.54) is 22.9 Å². The number of aromatic nitrogens is 2. The Morgan fingerprint density at radius 1 is 1.06 bits per heavy atom. The normalized spacial score (nSPS) is 12.1. The standard InChI is InChI=1S/C24H25F3N2O2S/c1-5-16-14-18(8-11-20(16)31-15-23(2,3)4)29-13-12-28-21(22(29)30)32-19-9-6-17(7-10-19)24(25,26)27/h6-14H,5,15H2,1-4H3. The fraction of sp³-hybridized carbons (Fsp3) is 0.333. The van der Waals surface area contributed by atoms with Crippen molar-refractivity contribution in [1.29, 1.82) is 0 Å². The number of ether oxygens (including phenoxy) is 1. The summed E-state index contributed by atoms with van der Waals surface area (Å²) >= 11 is 1.03. The second-order valence-electron chi connectivity index (χ2n) is 8.53. The van der Waals surface area contributed by atoms with E-state index in [9.17, 15) is 18.0 Å². The minimum atomic E-state index is -4.40. The Labute approximate surface area is 189 Å². The van der Waals surface area contributed by atoms with Crippen LogP contribution in [0.4, 0.5) is 13.2 Å². The molecule has 3 aromatic rings. The van der Waals surface area contributed by atoms with Gasteiger partial charge in [0, 0.05) is 23.0 Å². The van der Waals surface area contributed by atoms with Crippen LogP contribution in [0.2, 0.25) is 0 Å². The molecule has 0 aliphatic rings. The van der Waals surface area contributed by atoms with Crippen molar-refractivity contribution in [3.05, 3.63) is 76.3 Å². The zero-order chi connectivity index (χ0) is 23.5. The third-order valence-corrected chi connectivity index (χ3v) is 5.55. The van der Waals surface area contributed by atoms with Crippen LogP contribution in [0.3, 0.4) is 0 Å². The second kappa shape index (κ2) is 9.40. The molecule has 32 heavy (non-hydrogen) atoms. The van der Waals surface area contributed by atoms with E-state index in [2.05, 4.69) is 25.8 Å². The van der Waals surface area contributed by atoms with Crippen LogP contribution in [0, 0.1) is 5.41 Å². The lowest BCUT2D eigenvalue weighted by Gasteiger charge is -2.20. The maximum atomic E-state index is 13.0. The largest absolute Gasteiger partial charge is 0.493 e. The van der Waals surface area contributed by atoms with Crippen LogP contribution in [-0.2, 0) is 12.6 Å². The van der Waals surface area contributed by atoms with Gasteiger partial charge in [-0.2, -0.15) is 13.2 Å². The predicted molar refractivity (Wildman–Crippen MR) is 120 cm³/mol. The van der Waals surface area contributed by atoms with Gasteiger partial charge < -0.3 is 4.74 Å². The minimum absolute atomic E-state index is 0.0240. The van der Waals surface area contributed by atoms with E-state index in [1.807, 2.05) is 25.1 Å². The molecule has 4 nitrogen and oxygen atoms in total. The fourth-order valence-electron chi connectivity index (χ4n) is 2.92. The van der Waals surface area contributed by atoms with Crippen LogP contribution >= 0.6 is 11.8 Å². The van der Waals surface area contributed by atoms with Crippen LogP contribution in [0.5, 0.6) is 5.75 Å². The number of hydrogen-bond acceptors (Lipinski definition) is 4. The lowest BCUT2D eigenvalue weighted by molar-refractivity contribution is -0.137. The summed E-state index contributed by atoms with van der Waals surface area (Å²) in [5.41, 5.74) is 0.596. The van der Waals surface area contributed by atoms with E-state index in [0.717, 1.165) is 41.6 Å². The summed E-state index contributed by atoms with van der Waals surface area (Å²) in [5, 5.41) is 0.179. The first kappa shape index (κ1) is 23.9. The number of halogens is 3. The number of rotatable bonds is 6. The number of aryl methyl sites for hydroxylation is 1. The van der Waals surface area contributed by atoms with Gasteiger partial charge in [-0.25, -0.2) is 4.98 Å². The average Bonchev–Trinajstić information content (AvgIpc) is 2.73. The van der Waals surface area contributed by atoms with Crippen molar-refractivity contribution >= 4 is 11.8 Å². The molecule has 0 amide bonds. The van der Waals surface area contributed by atoms with E-state index in [4.69, 9.17) is 4.74 Å². The van der Waals surface area contributed by atoms with Crippen molar-refractivity contribution in [2.45, 2.75) is 50.2 Å². The molecular weight excluding hydrogens is 437 g/mol. The molecule has 0 saturated carbocycles. The molecule has 0 saturated heterocycles. The molecule has 0 bridgehead atoms. The van der Waals surface area contributed by atoms with Crippen molar-refractivity contribution in [2.75, 3.05) is 6.61 Å². The molecule has 0 aliphatic carbocycles. The Bertz CT molecular complexity index is 1130. The van der Waals surface area contributed by atoms with Gasteiger partial charge >= 0.3 is 6.18 Å². The molecule has 0 atom stereocenters. The Balaban J connectivity index is 1.87. The van der Waals surface area contributed by atoms with Crippen molar-refractivity contribution in [3.63, 3.8) is 0 Å². The highest BCUT2D eigenvalue weighted by Crippen LogP contribution is 2.32. The van der Waals surface area contributed by atoms with E-state index < -0.39 is 11.7 Å². The van der Waals surface area contributed by atoms with Gasteiger partial charge in [-0.05, 0) is 59.9 Å². The highest BCUT2D eigenvalue weighted by atomic mass is 32.2. The molecule has 2 aromatic carbocycles. The highest BCUT2D eigenvalue weighted by molar-refractivity contribution is 7.99. The Morgan fingerprint density at radius 3 is 2.34 bits per heavy atom. The third-order valence-electron chi connectivity index (χ3n) is 4.57. The minimum Gasteiger partial charge on any atom is -0.493 e. The van der Waals surface area contributed by atoms with Gasteiger partial charge in [-0.3, -0.25) is 9.36 Å². The number of nitrogens with zero attached hydrogens (tertiary/aromatic N) is 2. The zero-order valence-electron chi connectivity index (χ0n) is 18.4. The monoisotopic (exact) mass is 462 g/mol. The number of alkyl halides is 3. The van der Waals surface area contributed by atoms with E-state index in [-0.39, 0.29) is 16.0 Å². The van der Waals surface area contributed by atoms with Gasteiger partial charge in [0.15, 0.2) is 5.03 Å². The number of benzene rings is 2. The number of hydrogen-bond donors (Lipinski definition) is 0. The van der Waals surface area contributed by atoms with Crippen LogP contribution in [0.1, 0.15) is 38.8 Å². The maximum absolute atomic E-state index is 13.0. The first-order valence-corrected chi connectivity index (χ1v) is 11.0. The summed E-state index contributed by atoms with van der Waals surface area (Å²) in [6.45, 7) is 8.88. The molecule has 0 radical (unpaired) electrons. The molecule has 0 spiro atoms. The van der Waals surface area contributed by atoms with Gasteiger partial charge in [0.05, 0.1) is 12.2 Å². The van der Waals surface area contributed by atoms with Gasteiger partial charge in [-0.1, -0.05) is 39.5 Å². The molecule has 1 heterocycles. The summed E-state index contributed by atoms with van der Waals surface area (Å²) in [6.07, 6.45) is -0.589. The first-order valence-electron chi connectivity index (χ1n) is 10.2. The quantitative estimate of drug-likeness (QED) is 0.426. The van der Waals surface area contributed by atoms with Crippen molar-refractivity contribution < 1.29 is 17.9 Å². The van der Waals surface area contributed by atoms with Crippen molar-refractivity contribution in [1.82, 2.24) is 9.55 Å². The lowest BCUT2D eigenvalue weighted by Crippen LogP contribution is -2.21. The van der Waals surface area contributed by atoms with E-state index >= 15 is 0 Å². The van der Waals surface area contributed by atoms with E-state index in [1.54, 1.807) is 6.20 Å². The summed E-state index contributed by atoms with van der Waals surface area (Å²) < 4.78 is 45.7. The van der Waals surface area contributed by atoms with Crippen molar-refractivity contribution in [3.8, 4) is 11.4 Å². The highest BCUT2D eigenvalue weighted by Gasteiger charge is 2.30. The summed E-state index contributed by atoms with van der Waals surface area (Å²) in [5.74, 6) is 0.785. The average molecular weight is 463 g/mol. The Kier molecular flexibility index (Phi) is 7.03. The van der Waals surface area contributed by atoms with E-state index in [0.29, 0.717) is 17.2 Å². The molecule has 3 rings (SSSR count). The second-order valence-corrected chi connectivity index (χ2v) is 9.59. The van der Waals surface area contributed by atoms with Crippen LogP contribution in [0.15, 0.2) is 69.6 Å². The molecule has 0 unspecified atom stereocenters. The molecule has 170 valence electrons. The molecular formula is C24H25F3N2O2S. The SMILES string of the molecule is CCc1cc(-n2ccnc(Sc3ccc(C(F)(F)F)cc3)c2=O)ccc1OCC(C)(C)C. The lowest BCUT2D eigenvalue weighted by atomic mass is 9.98. The smallest absolute Gasteiger partial charge is 0.416 e. The fourth-order valence-corrected chi connectivity index (χ4v) is 3.71. The molecule has 0 N–H and O–H groups in total. The Hall–Kier alpha value is -2.74. The van der Waals surface area contributed by atoms with Crippen LogP contribution in [-0.4, -0.2) is 16.2 Å². The molecule has 8 heteroatoms. The molecule has 0 fully saturated rings. The van der Waals surface area contributed by atoms with Gasteiger partial charge in [-0.15, -0.1) is 0 Å². The van der Waals surface area contributed by atoms with Crippen LogP contribution < -0.4 is 10.3 Å². The topological polar surface area (TPSA) is 44.1 Å². The molecule has 0 aliphatic heterocycles. The Morgan fingerprint density at radius 2 is 1.75 bits per heavy atom. The molecule has 1 aromatic heterocycles.